The number of benzene rings is 2. The van der Waals surface area contributed by atoms with Crippen molar-refractivity contribution in [2.24, 2.45) is 4.99 Å². The SMILES string of the molecule is C#CC(=NC#Cc1ccccc1)c1ccc(C)cc1. The van der Waals surface area contributed by atoms with Gasteiger partial charge in [0.1, 0.15) is 5.71 Å². The molecule has 0 aliphatic heterocycles. The average molecular weight is 243 g/mol. The second-order valence-corrected chi connectivity index (χ2v) is 4.07. The molecule has 19 heavy (non-hydrogen) atoms. The molecule has 0 atom stereocenters. The summed E-state index contributed by atoms with van der Waals surface area (Å²) in [5.74, 6) is 5.53. The molecule has 0 aromatic heterocycles. The second kappa shape index (κ2) is 6.24. The van der Waals surface area contributed by atoms with Crippen LogP contribution >= 0.6 is 0 Å². The Kier molecular flexibility index (Phi) is 4.17. The Bertz CT molecular complexity index is 674. The van der Waals surface area contributed by atoms with Gasteiger partial charge < -0.3 is 0 Å². The van der Waals surface area contributed by atoms with Gasteiger partial charge in [-0.05, 0) is 30.9 Å². The summed E-state index contributed by atoms with van der Waals surface area (Å²) >= 11 is 0. The zero-order valence-corrected chi connectivity index (χ0v) is 10.7. The van der Waals surface area contributed by atoms with Gasteiger partial charge in [0.05, 0.1) is 0 Å². The number of hydrogen-bond acceptors (Lipinski definition) is 1. The quantitative estimate of drug-likeness (QED) is 0.537. The van der Waals surface area contributed by atoms with Crippen LogP contribution in [0.1, 0.15) is 16.7 Å². The van der Waals surface area contributed by atoms with Crippen LogP contribution in [0.4, 0.5) is 0 Å². The number of rotatable bonds is 1. The van der Waals surface area contributed by atoms with Crippen LogP contribution in [0, 0.1) is 31.2 Å². The highest BCUT2D eigenvalue weighted by atomic mass is 14.7. The third-order valence-electron chi connectivity index (χ3n) is 2.60. The van der Waals surface area contributed by atoms with Gasteiger partial charge in [-0.25, -0.2) is 0 Å². The van der Waals surface area contributed by atoms with Crippen molar-refractivity contribution in [2.75, 3.05) is 0 Å². The normalized spacial score (nSPS) is 10.2. The number of nitrogens with zero attached hydrogens (tertiary/aromatic N) is 1. The summed E-state index contributed by atoms with van der Waals surface area (Å²) in [6, 6.07) is 20.4. The van der Waals surface area contributed by atoms with Crippen molar-refractivity contribution in [1.29, 1.82) is 0 Å². The minimum atomic E-state index is 0.559. The lowest BCUT2D eigenvalue weighted by molar-refractivity contribution is 1.46. The van der Waals surface area contributed by atoms with E-state index in [1.807, 2.05) is 61.5 Å². The van der Waals surface area contributed by atoms with E-state index in [1.54, 1.807) is 0 Å². The number of aliphatic imine (C=N–C) groups is 1. The minimum absolute atomic E-state index is 0.559. The highest BCUT2D eigenvalue weighted by Gasteiger charge is 1.97. The van der Waals surface area contributed by atoms with E-state index in [1.165, 1.54) is 5.56 Å². The summed E-state index contributed by atoms with van der Waals surface area (Å²) in [7, 11) is 0. The standard InChI is InChI=1S/C18H13N/c1-3-18(17-11-9-15(2)10-12-17)19-14-13-16-7-5-4-6-8-16/h1,4-12H,2H3. The van der Waals surface area contributed by atoms with Gasteiger partial charge in [-0.3, -0.25) is 0 Å². The Morgan fingerprint density at radius 3 is 2.32 bits per heavy atom. The van der Waals surface area contributed by atoms with Gasteiger partial charge in [-0.1, -0.05) is 48.0 Å². The first kappa shape index (κ1) is 12.7. The molecule has 0 spiro atoms. The molecule has 2 aromatic carbocycles. The van der Waals surface area contributed by atoms with Gasteiger partial charge >= 0.3 is 0 Å². The maximum atomic E-state index is 5.47. The summed E-state index contributed by atoms with van der Waals surface area (Å²) in [4.78, 5) is 4.16. The van der Waals surface area contributed by atoms with Gasteiger partial charge in [0, 0.05) is 17.2 Å². The van der Waals surface area contributed by atoms with Crippen LogP contribution in [0.3, 0.4) is 0 Å². The van der Waals surface area contributed by atoms with Crippen LogP contribution in [-0.2, 0) is 0 Å². The fourth-order valence-electron chi connectivity index (χ4n) is 1.56. The lowest BCUT2D eigenvalue weighted by Crippen LogP contribution is -1.96. The first-order valence-corrected chi connectivity index (χ1v) is 5.97. The first-order chi connectivity index (χ1) is 9.29. The van der Waals surface area contributed by atoms with E-state index in [-0.39, 0.29) is 0 Å². The lowest BCUT2D eigenvalue weighted by Gasteiger charge is -1.97. The van der Waals surface area contributed by atoms with Gasteiger partial charge in [0.2, 0.25) is 0 Å². The van der Waals surface area contributed by atoms with Crippen LogP contribution in [0.25, 0.3) is 0 Å². The summed E-state index contributed by atoms with van der Waals surface area (Å²) < 4.78 is 0. The second-order valence-electron chi connectivity index (χ2n) is 4.07. The van der Waals surface area contributed by atoms with E-state index in [0.29, 0.717) is 5.71 Å². The molecule has 0 aliphatic carbocycles. The van der Waals surface area contributed by atoms with Crippen molar-refractivity contribution in [3.63, 3.8) is 0 Å². The van der Waals surface area contributed by atoms with E-state index in [9.17, 15) is 0 Å². The Morgan fingerprint density at radius 2 is 1.68 bits per heavy atom. The molecule has 0 radical (unpaired) electrons. The number of terminal acetylenes is 1. The molecule has 0 fully saturated rings. The largest absolute Gasteiger partial charge is 0.188 e. The lowest BCUT2D eigenvalue weighted by atomic mass is 10.1. The third-order valence-corrected chi connectivity index (χ3v) is 2.60. The Morgan fingerprint density at radius 1 is 1.00 bits per heavy atom. The molecule has 0 bridgehead atoms. The molecular formula is C18H13N. The van der Waals surface area contributed by atoms with Gasteiger partial charge in [0.15, 0.2) is 0 Å². The topological polar surface area (TPSA) is 12.4 Å². The molecule has 0 saturated heterocycles. The average Bonchev–Trinajstić information content (AvgIpc) is 2.46. The van der Waals surface area contributed by atoms with E-state index in [2.05, 4.69) is 22.9 Å². The zero-order chi connectivity index (χ0) is 13.5. The molecule has 0 unspecified atom stereocenters. The molecule has 0 saturated carbocycles. The first-order valence-electron chi connectivity index (χ1n) is 5.97. The molecule has 0 heterocycles. The minimum Gasteiger partial charge on any atom is -0.188 e. The summed E-state index contributed by atoms with van der Waals surface area (Å²) in [6.07, 6.45) is 5.47. The zero-order valence-electron chi connectivity index (χ0n) is 10.7. The van der Waals surface area contributed by atoms with Crippen LogP contribution < -0.4 is 0 Å². The van der Waals surface area contributed by atoms with Gasteiger partial charge in [-0.2, -0.15) is 4.99 Å². The van der Waals surface area contributed by atoms with Crippen LogP contribution in [0.5, 0.6) is 0 Å². The van der Waals surface area contributed by atoms with E-state index < -0.39 is 0 Å². The molecule has 90 valence electrons. The van der Waals surface area contributed by atoms with Crippen molar-refractivity contribution in [1.82, 2.24) is 0 Å². The predicted octanol–water partition coefficient (Wildman–Crippen LogP) is 3.43. The van der Waals surface area contributed by atoms with Gasteiger partial charge in [0.25, 0.3) is 0 Å². The fourth-order valence-corrected chi connectivity index (χ4v) is 1.56. The molecule has 1 heteroatoms. The highest BCUT2D eigenvalue weighted by Crippen LogP contribution is 2.04. The molecule has 0 aliphatic rings. The maximum Gasteiger partial charge on any atom is 0.130 e. The fraction of sp³-hybridized carbons (Fsp3) is 0.0556. The molecule has 2 rings (SSSR count). The summed E-state index contributed by atoms with van der Waals surface area (Å²) in [5.41, 5.74) is 3.58. The Hall–Kier alpha value is -2.77. The van der Waals surface area contributed by atoms with Crippen LogP contribution in [0.2, 0.25) is 0 Å². The van der Waals surface area contributed by atoms with Crippen molar-refractivity contribution < 1.29 is 0 Å². The van der Waals surface area contributed by atoms with E-state index >= 15 is 0 Å². The highest BCUT2D eigenvalue weighted by molar-refractivity contribution is 6.13. The summed E-state index contributed by atoms with van der Waals surface area (Å²) in [5, 5.41) is 0. The van der Waals surface area contributed by atoms with Crippen molar-refractivity contribution in [3.05, 3.63) is 71.3 Å². The van der Waals surface area contributed by atoms with Crippen molar-refractivity contribution in [2.45, 2.75) is 6.92 Å². The van der Waals surface area contributed by atoms with Crippen LogP contribution in [0.15, 0.2) is 59.6 Å². The monoisotopic (exact) mass is 243 g/mol. The molecule has 0 amide bonds. The number of hydrogen-bond donors (Lipinski definition) is 0. The smallest absolute Gasteiger partial charge is 0.130 e. The number of aryl methyl sites for hydroxylation is 1. The maximum absolute atomic E-state index is 5.47. The van der Waals surface area contributed by atoms with Crippen molar-refractivity contribution >= 4 is 5.71 Å². The van der Waals surface area contributed by atoms with Crippen molar-refractivity contribution in [3.8, 4) is 24.3 Å². The Labute approximate surface area is 114 Å². The van der Waals surface area contributed by atoms with Crippen LogP contribution in [-0.4, -0.2) is 5.71 Å². The van der Waals surface area contributed by atoms with Gasteiger partial charge in [-0.15, -0.1) is 6.42 Å². The molecule has 2 aromatic rings. The third kappa shape index (κ3) is 3.60. The molecule has 1 nitrogen and oxygen atoms in total. The van der Waals surface area contributed by atoms with E-state index in [4.69, 9.17) is 6.42 Å². The Balaban J connectivity index is 2.24. The van der Waals surface area contributed by atoms with E-state index in [0.717, 1.165) is 11.1 Å². The summed E-state index contributed by atoms with van der Waals surface area (Å²) in [6.45, 7) is 2.03. The molecule has 0 N–H and O–H groups in total. The predicted molar refractivity (Wildman–Crippen MR) is 79.9 cm³/mol. The molecular weight excluding hydrogens is 230 g/mol.